The molecule has 0 radical (unpaired) electrons. The first-order valence-corrected chi connectivity index (χ1v) is 19.2. The van der Waals surface area contributed by atoms with Gasteiger partial charge in [0.05, 0.1) is 11.4 Å². The van der Waals surface area contributed by atoms with Gasteiger partial charge in [0.15, 0.2) is 5.82 Å². The smallest absolute Gasteiger partial charge is 0.160 e. The maximum Gasteiger partial charge on any atom is 0.160 e. The Bertz CT molecular complexity index is 3150. The summed E-state index contributed by atoms with van der Waals surface area (Å²) in [4.78, 5) is 10.4. The summed E-state index contributed by atoms with van der Waals surface area (Å²) in [5.74, 6) is 0.692. The van der Waals surface area contributed by atoms with Gasteiger partial charge in [-0.3, -0.25) is 0 Å². The number of benzene rings is 8. The molecule has 0 amide bonds. The summed E-state index contributed by atoms with van der Waals surface area (Å²) in [6.07, 6.45) is 0. The molecule has 0 saturated carbocycles. The summed E-state index contributed by atoms with van der Waals surface area (Å²) in [7, 11) is 0. The Kier molecular flexibility index (Phi) is 7.20. The highest BCUT2D eigenvalue weighted by Crippen LogP contribution is 2.52. The zero-order valence-corrected chi connectivity index (χ0v) is 31.1. The van der Waals surface area contributed by atoms with Crippen LogP contribution in [0.2, 0.25) is 0 Å². The van der Waals surface area contributed by atoms with Crippen molar-refractivity contribution in [3.8, 4) is 67.3 Å². The van der Waals surface area contributed by atoms with E-state index in [-0.39, 0.29) is 5.41 Å². The first-order valence-electron chi connectivity index (χ1n) is 19.2. The molecule has 3 nitrogen and oxygen atoms in total. The molecular formula is C53H36N2O. The van der Waals surface area contributed by atoms with Gasteiger partial charge in [0.25, 0.3) is 0 Å². The minimum atomic E-state index is -0.0306. The number of aromatic nitrogens is 2. The molecule has 0 atom stereocenters. The number of rotatable bonds is 5. The van der Waals surface area contributed by atoms with Gasteiger partial charge in [0, 0.05) is 32.9 Å². The van der Waals surface area contributed by atoms with E-state index in [1.165, 1.54) is 49.9 Å². The number of furan rings is 1. The predicted octanol–water partition coefficient (Wildman–Crippen LogP) is 14.2. The van der Waals surface area contributed by atoms with Crippen LogP contribution in [0.25, 0.3) is 100.0 Å². The molecule has 2 heterocycles. The highest BCUT2D eigenvalue weighted by atomic mass is 16.3. The first kappa shape index (κ1) is 32.3. The van der Waals surface area contributed by atoms with Gasteiger partial charge in [-0.15, -0.1) is 0 Å². The third kappa shape index (κ3) is 5.05. The molecule has 56 heavy (non-hydrogen) atoms. The Balaban J connectivity index is 1.02. The summed E-state index contributed by atoms with van der Waals surface area (Å²) >= 11 is 0. The molecule has 0 bridgehead atoms. The van der Waals surface area contributed by atoms with Crippen molar-refractivity contribution in [3.63, 3.8) is 0 Å². The molecule has 264 valence electrons. The number of hydrogen-bond donors (Lipinski definition) is 0. The molecule has 10 aromatic rings. The van der Waals surface area contributed by atoms with Gasteiger partial charge in [-0.25, -0.2) is 9.97 Å². The van der Waals surface area contributed by atoms with Crippen LogP contribution >= 0.6 is 0 Å². The number of fused-ring (bicyclic) bond motifs is 7. The largest absolute Gasteiger partial charge is 0.456 e. The van der Waals surface area contributed by atoms with E-state index in [0.29, 0.717) is 5.82 Å². The molecule has 0 unspecified atom stereocenters. The molecule has 0 aliphatic heterocycles. The third-order valence-corrected chi connectivity index (χ3v) is 11.7. The second-order valence-electron chi connectivity index (χ2n) is 15.3. The average Bonchev–Trinajstić information content (AvgIpc) is 3.75. The van der Waals surface area contributed by atoms with Gasteiger partial charge in [-0.1, -0.05) is 166 Å². The molecule has 0 fully saturated rings. The molecule has 1 aliphatic carbocycles. The lowest BCUT2D eigenvalue weighted by Gasteiger charge is -2.21. The topological polar surface area (TPSA) is 38.9 Å². The van der Waals surface area contributed by atoms with Crippen LogP contribution in [-0.4, -0.2) is 9.97 Å². The van der Waals surface area contributed by atoms with E-state index in [4.69, 9.17) is 14.4 Å². The Labute approximate surface area is 325 Å². The van der Waals surface area contributed by atoms with Crippen LogP contribution in [0.15, 0.2) is 186 Å². The SMILES string of the molecule is CC1(C)c2ccccc2-c2c(-c3ccc(-c4ccc(-c5cc(-c6ccc7oc8ccccc8c7c6)nc(-c6ccccc6)n5)c5ccccc45)cc3)cccc21. The van der Waals surface area contributed by atoms with Gasteiger partial charge < -0.3 is 4.42 Å². The van der Waals surface area contributed by atoms with Crippen molar-refractivity contribution in [1.82, 2.24) is 9.97 Å². The third-order valence-electron chi connectivity index (χ3n) is 11.7. The fraction of sp³-hybridized carbons (Fsp3) is 0.0566. The van der Waals surface area contributed by atoms with Crippen molar-refractivity contribution in [1.29, 1.82) is 0 Å². The molecule has 1 aliphatic rings. The van der Waals surface area contributed by atoms with Crippen molar-refractivity contribution in [2.24, 2.45) is 0 Å². The summed E-state index contributed by atoms with van der Waals surface area (Å²) in [5, 5.41) is 4.50. The van der Waals surface area contributed by atoms with E-state index in [9.17, 15) is 0 Å². The van der Waals surface area contributed by atoms with Crippen molar-refractivity contribution < 1.29 is 4.42 Å². The normalized spacial score (nSPS) is 13.0. The van der Waals surface area contributed by atoms with E-state index >= 15 is 0 Å². The molecule has 8 aromatic carbocycles. The molecule has 2 aromatic heterocycles. The predicted molar refractivity (Wildman–Crippen MR) is 232 cm³/mol. The van der Waals surface area contributed by atoms with Crippen molar-refractivity contribution in [2.75, 3.05) is 0 Å². The summed E-state index contributed by atoms with van der Waals surface area (Å²) < 4.78 is 6.16. The maximum atomic E-state index is 6.16. The minimum absolute atomic E-state index is 0.0306. The summed E-state index contributed by atoms with van der Waals surface area (Å²) in [6, 6.07) is 64.8. The zero-order valence-electron chi connectivity index (χ0n) is 31.1. The van der Waals surface area contributed by atoms with E-state index in [1.54, 1.807) is 0 Å². The second kappa shape index (κ2) is 12.5. The van der Waals surface area contributed by atoms with Gasteiger partial charge in [-0.2, -0.15) is 0 Å². The number of nitrogens with zero attached hydrogens (tertiary/aromatic N) is 2. The number of para-hydroxylation sites is 1. The fourth-order valence-electron chi connectivity index (χ4n) is 8.93. The lowest BCUT2D eigenvalue weighted by molar-refractivity contribution is 0.660. The van der Waals surface area contributed by atoms with Gasteiger partial charge in [-0.05, 0) is 85.6 Å². The second-order valence-corrected chi connectivity index (χ2v) is 15.3. The molecular weight excluding hydrogens is 681 g/mol. The molecule has 3 heteroatoms. The van der Waals surface area contributed by atoms with Crippen LogP contribution in [0.1, 0.15) is 25.0 Å². The Morgan fingerprint density at radius 1 is 0.375 bits per heavy atom. The van der Waals surface area contributed by atoms with Crippen molar-refractivity contribution in [2.45, 2.75) is 19.3 Å². The Hall–Kier alpha value is -7.10. The van der Waals surface area contributed by atoms with E-state index in [1.807, 2.05) is 30.3 Å². The van der Waals surface area contributed by atoms with Crippen LogP contribution in [0, 0.1) is 0 Å². The molecule has 0 N–H and O–H groups in total. The minimum Gasteiger partial charge on any atom is -0.456 e. The molecule has 0 spiro atoms. The molecule has 11 rings (SSSR count). The lowest BCUT2D eigenvalue weighted by Crippen LogP contribution is -2.14. The highest BCUT2D eigenvalue weighted by molar-refractivity contribution is 6.07. The molecule has 0 saturated heterocycles. The van der Waals surface area contributed by atoms with Gasteiger partial charge in [0.2, 0.25) is 0 Å². The fourth-order valence-corrected chi connectivity index (χ4v) is 8.93. The van der Waals surface area contributed by atoms with E-state index in [0.717, 1.165) is 55.4 Å². The van der Waals surface area contributed by atoms with Crippen molar-refractivity contribution >= 4 is 32.7 Å². The van der Waals surface area contributed by atoms with Gasteiger partial charge >= 0.3 is 0 Å². The van der Waals surface area contributed by atoms with E-state index in [2.05, 4.69) is 166 Å². The maximum absolute atomic E-state index is 6.16. The van der Waals surface area contributed by atoms with Crippen LogP contribution < -0.4 is 0 Å². The Morgan fingerprint density at radius 2 is 0.964 bits per heavy atom. The monoisotopic (exact) mass is 716 g/mol. The van der Waals surface area contributed by atoms with Crippen LogP contribution in [0.5, 0.6) is 0 Å². The highest BCUT2D eigenvalue weighted by Gasteiger charge is 2.36. The van der Waals surface area contributed by atoms with Crippen LogP contribution in [0.3, 0.4) is 0 Å². The van der Waals surface area contributed by atoms with Crippen LogP contribution in [-0.2, 0) is 5.41 Å². The Morgan fingerprint density at radius 3 is 1.79 bits per heavy atom. The summed E-state index contributed by atoms with van der Waals surface area (Å²) in [6.45, 7) is 4.68. The van der Waals surface area contributed by atoms with Gasteiger partial charge in [0.1, 0.15) is 11.2 Å². The first-order chi connectivity index (χ1) is 27.5. The number of hydrogen-bond acceptors (Lipinski definition) is 3. The average molecular weight is 717 g/mol. The van der Waals surface area contributed by atoms with Crippen LogP contribution in [0.4, 0.5) is 0 Å². The standard InChI is InChI=1S/C53H36N2O/c1-53(2)45-20-10-8-18-43(45)51-38(19-12-21-46(51)53)34-25-23-33(24-26-34)37-28-29-41(40-16-7-6-15-39(37)40)48-32-47(54-52(55-48)35-13-4-3-5-14-35)36-27-30-50-44(31-36)42-17-9-11-22-49(42)56-50/h3-32H,1-2H3. The van der Waals surface area contributed by atoms with E-state index < -0.39 is 0 Å². The zero-order chi connectivity index (χ0) is 37.4. The van der Waals surface area contributed by atoms with Crippen molar-refractivity contribution in [3.05, 3.63) is 193 Å². The lowest BCUT2D eigenvalue weighted by atomic mass is 9.82. The quantitative estimate of drug-likeness (QED) is 0.178. The summed E-state index contributed by atoms with van der Waals surface area (Å²) in [5.41, 5.74) is 16.9.